The van der Waals surface area contributed by atoms with Crippen LogP contribution in [0.4, 0.5) is 10.5 Å². The fourth-order valence-corrected chi connectivity index (χ4v) is 1.93. The first-order valence-corrected chi connectivity index (χ1v) is 6.15. The highest BCUT2D eigenvalue weighted by molar-refractivity contribution is 5.94. The number of rotatable bonds is 4. The molecule has 1 aromatic rings. The predicted octanol–water partition coefficient (Wildman–Crippen LogP) is 1.33. The first-order chi connectivity index (χ1) is 8.60. The van der Waals surface area contributed by atoms with E-state index in [1.165, 1.54) is 0 Å². The summed E-state index contributed by atoms with van der Waals surface area (Å²) in [6, 6.07) is 7.45. The number of nitrogens with zero attached hydrogens (tertiary/aromatic N) is 1. The molecule has 1 aromatic carbocycles. The van der Waals surface area contributed by atoms with Crippen molar-refractivity contribution >= 4 is 11.7 Å². The molecule has 1 fully saturated rings. The summed E-state index contributed by atoms with van der Waals surface area (Å²) in [7, 11) is 0. The lowest BCUT2D eigenvalue weighted by Crippen LogP contribution is -2.33. The molecule has 1 heterocycles. The largest absolute Gasteiger partial charge is 0.491 e. The number of ether oxygens (including phenoxy) is 1. The van der Waals surface area contributed by atoms with Gasteiger partial charge in [-0.15, -0.1) is 0 Å². The van der Waals surface area contributed by atoms with Gasteiger partial charge in [0.25, 0.3) is 0 Å². The summed E-state index contributed by atoms with van der Waals surface area (Å²) in [6.07, 6.45) is 0.146. The fourth-order valence-electron chi connectivity index (χ4n) is 1.93. The van der Waals surface area contributed by atoms with E-state index in [0.29, 0.717) is 13.1 Å². The SMILES string of the molecule is CC(C)Oc1ccc(N2CC(CN)NC2=O)cc1. The molecule has 1 saturated heterocycles. The predicted molar refractivity (Wildman–Crippen MR) is 70.9 cm³/mol. The Bertz CT molecular complexity index is 417. The van der Waals surface area contributed by atoms with E-state index in [9.17, 15) is 4.79 Å². The van der Waals surface area contributed by atoms with Gasteiger partial charge in [0.1, 0.15) is 5.75 Å². The molecule has 0 radical (unpaired) electrons. The quantitative estimate of drug-likeness (QED) is 0.846. The number of urea groups is 1. The van der Waals surface area contributed by atoms with Crippen LogP contribution in [0.2, 0.25) is 0 Å². The second-order valence-electron chi connectivity index (χ2n) is 4.65. The smallest absolute Gasteiger partial charge is 0.322 e. The Morgan fingerprint density at radius 1 is 1.44 bits per heavy atom. The second kappa shape index (κ2) is 5.27. The van der Waals surface area contributed by atoms with Crippen molar-refractivity contribution in [2.24, 2.45) is 5.73 Å². The highest BCUT2D eigenvalue weighted by Gasteiger charge is 2.28. The van der Waals surface area contributed by atoms with Crippen molar-refractivity contribution in [3.63, 3.8) is 0 Å². The zero-order valence-corrected chi connectivity index (χ0v) is 10.7. The number of hydrogen-bond donors (Lipinski definition) is 2. The summed E-state index contributed by atoms with van der Waals surface area (Å²) in [4.78, 5) is 13.4. The minimum Gasteiger partial charge on any atom is -0.491 e. The molecule has 5 heteroatoms. The second-order valence-corrected chi connectivity index (χ2v) is 4.65. The summed E-state index contributed by atoms with van der Waals surface area (Å²) >= 11 is 0. The molecule has 18 heavy (non-hydrogen) atoms. The number of anilines is 1. The Hall–Kier alpha value is -1.75. The minimum absolute atomic E-state index is 0.0316. The van der Waals surface area contributed by atoms with Crippen molar-refractivity contribution in [2.45, 2.75) is 26.0 Å². The van der Waals surface area contributed by atoms with Gasteiger partial charge < -0.3 is 15.8 Å². The Morgan fingerprint density at radius 3 is 2.61 bits per heavy atom. The lowest BCUT2D eigenvalue weighted by molar-refractivity contribution is 0.242. The van der Waals surface area contributed by atoms with E-state index in [0.717, 1.165) is 11.4 Å². The van der Waals surface area contributed by atoms with Crippen LogP contribution in [0, 0.1) is 0 Å². The average Bonchev–Trinajstić information content (AvgIpc) is 2.71. The zero-order chi connectivity index (χ0) is 13.1. The summed E-state index contributed by atoms with van der Waals surface area (Å²) in [5.41, 5.74) is 6.41. The average molecular weight is 249 g/mol. The van der Waals surface area contributed by atoms with E-state index in [1.54, 1.807) is 4.90 Å². The lowest BCUT2D eigenvalue weighted by Gasteiger charge is -2.16. The molecule has 0 saturated carbocycles. The van der Waals surface area contributed by atoms with Crippen LogP contribution in [0.1, 0.15) is 13.8 Å². The first kappa shape index (κ1) is 12.7. The van der Waals surface area contributed by atoms with Gasteiger partial charge >= 0.3 is 6.03 Å². The molecule has 0 aliphatic carbocycles. The number of carbonyl (C=O) groups is 1. The molecule has 98 valence electrons. The van der Waals surface area contributed by atoms with E-state index < -0.39 is 0 Å². The van der Waals surface area contributed by atoms with Gasteiger partial charge in [-0.1, -0.05) is 0 Å². The van der Waals surface area contributed by atoms with Gasteiger partial charge in [0.15, 0.2) is 0 Å². The molecular formula is C13H19N3O2. The van der Waals surface area contributed by atoms with Crippen molar-refractivity contribution in [1.29, 1.82) is 0 Å². The summed E-state index contributed by atoms with van der Waals surface area (Å²) < 4.78 is 5.56. The van der Waals surface area contributed by atoms with E-state index in [-0.39, 0.29) is 18.2 Å². The third kappa shape index (κ3) is 2.73. The molecular weight excluding hydrogens is 230 g/mol. The maximum Gasteiger partial charge on any atom is 0.322 e. The van der Waals surface area contributed by atoms with Crippen molar-refractivity contribution in [2.75, 3.05) is 18.0 Å². The molecule has 3 N–H and O–H groups in total. The number of carbonyl (C=O) groups excluding carboxylic acids is 1. The van der Waals surface area contributed by atoms with Gasteiger partial charge in [0.2, 0.25) is 0 Å². The summed E-state index contributed by atoms with van der Waals surface area (Å²) in [6.45, 7) is 5.03. The standard InChI is InChI=1S/C13H19N3O2/c1-9(2)18-12-5-3-11(4-6-12)16-8-10(7-14)15-13(16)17/h3-6,9-10H,7-8,14H2,1-2H3,(H,15,17). The molecule has 1 atom stereocenters. The molecule has 0 bridgehead atoms. The Morgan fingerprint density at radius 2 is 2.11 bits per heavy atom. The first-order valence-electron chi connectivity index (χ1n) is 6.15. The Balaban J connectivity index is 2.08. The minimum atomic E-state index is -0.0945. The van der Waals surface area contributed by atoms with E-state index in [4.69, 9.17) is 10.5 Å². The Labute approximate surface area is 107 Å². The highest BCUT2D eigenvalue weighted by Crippen LogP contribution is 2.22. The van der Waals surface area contributed by atoms with Crippen LogP contribution in [0.3, 0.4) is 0 Å². The third-order valence-electron chi connectivity index (χ3n) is 2.78. The van der Waals surface area contributed by atoms with Gasteiger partial charge in [-0.3, -0.25) is 4.90 Å². The van der Waals surface area contributed by atoms with Crippen LogP contribution >= 0.6 is 0 Å². The van der Waals surface area contributed by atoms with Crippen molar-refractivity contribution in [3.8, 4) is 5.75 Å². The summed E-state index contributed by atoms with van der Waals surface area (Å²) in [5.74, 6) is 0.809. The molecule has 1 aliphatic rings. The van der Waals surface area contributed by atoms with Gasteiger partial charge in [-0.2, -0.15) is 0 Å². The summed E-state index contributed by atoms with van der Waals surface area (Å²) in [5, 5.41) is 2.83. The molecule has 1 unspecified atom stereocenters. The molecule has 2 amide bonds. The normalized spacial score (nSPS) is 19.2. The van der Waals surface area contributed by atoms with E-state index in [1.807, 2.05) is 38.1 Å². The van der Waals surface area contributed by atoms with E-state index in [2.05, 4.69) is 5.32 Å². The molecule has 5 nitrogen and oxygen atoms in total. The third-order valence-corrected chi connectivity index (χ3v) is 2.78. The topological polar surface area (TPSA) is 67.6 Å². The van der Waals surface area contributed by atoms with Gasteiger partial charge in [0, 0.05) is 18.8 Å². The number of hydrogen-bond acceptors (Lipinski definition) is 3. The lowest BCUT2D eigenvalue weighted by atomic mass is 10.2. The molecule has 2 rings (SSSR count). The van der Waals surface area contributed by atoms with Gasteiger partial charge in [-0.25, -0.2) is 4.79 Å². The van der Waals surface area contributed by atoms with Crippen LogP contribution < -0.4 is 20.7 Å². The maximum absolute atomic E-state index is 11.7. The Kier molecular flexibility index (Phi) is 3.72. The number of amides is 2. The van der Waals surface area contributed by atoms with Gasteiger partial charge in [0.05, 0.1) is 12.1 Å². The molecule has 0 spiro atoms. The van der Waals surface area contributed by atoms with Crippen LogP contribution in [0.25, 0.3) is 0 Å². The van der Waals surface area contributed by atoms with Gasteiger partial charge in [-0.05, 0) is 38.1 Å². The molecule has 1 aliphatic heterocycles. The van der Waals surface area contributed by atoms with E-state index >= 15 is 0 Å². The fraction of sp³-hybridized carbons (Fsp3) is 0.462. The van der Waals surface area contributed by atoms with Crippen LogP contribution in [-0.2, 0) is 0 Å². The van der Waals surface area contributed by atoms with Crippen molar-refractivity contribution in [1.82, 2.24) is 5.32 Å². The van der Waals surface area contributed by atoms with Crippen molar-refractivity contribution in [3.05, 3.63) is 24.3 Å². The van der Waals surface area contributed by atoms with Crippen molar-refractivity contribution < 1.29 is 9.53 Å². The molecule has 0 aromatic heterocycles. The number of nitrogens with one attached hydrogen (secondary N) is 1. The van der Waals surface area contributed by atoms with Crippen LogP contribution in [0.15, 0.2) is 24.3 Å². The van der Waals surface area contributed by atoms with Crippen LogP contribution in [0.5, 0.6) is 5.75 Å². The maximum atomic E-state index is 11.7. The number of benzene rings is 1. The number of nitrogens with two attached hydrogens (primary N) is 1. The highest BCUT2D eigenvalue weighted by atomic mass is 16.5. The zero-order valence-electron chi connectivity index (χ0n) is 10.7. The van der Waals surface area contributed by atoms with Crippen LogP contribution in [-0.4, -0.2) is 31.3 Å². The monoisotopic (exact) mass is 249 g/mol.